The molecule has 0 saturated heterocycles. The van der Waals surface area contributed by atoms with E-state index in [0.717, 1.165) is 6.07 Å². The molecular weight excluding hydrogens is 402 g/mol. The Morgan fingerprint density at radius 3 is 2.47 bits per heavy atom. The van der Waals surface area contributed by atoms with Crippen molar-refractivity contribution in [3.63, 3.8) is 0 Å². The lowest BCUT2D eigenvalue weighted by Gasteiger charge is -2.40. The van der Waals surface area contributed by atoms with E-state index in [9.17, 15) is 27.5 Å². The third kappa shape index (κ3) is 5.36. The van der Waals surface area contributed by atoms with E-state index < -0.39 is 23.1 Å². The first-order valence-corrected chi connectivity index (χ1v) is 10.1. The molecule has 166 valence electrons. The van der Waals surface area contributed by atoms with E-state index in [1.165, 1.54) is 13.0 Å². The van der Waals surface area contributed by atoms with Gasteiger partial charge in [0, 0.05) is 38.1 Å². The number of nitrogens with zero attached hydrogens (tertiary/aromatic N) is 3. The molecule has 30 heavy (non-hydrogen) atoms. The van der Waals surface area contributed by atoms with Gasteiger partial charge in [0.15, 0.2) is 5.65 Å². The van der Waals surface area contributed by atoms with Gasteiger partial charge in [-0.05, 0) is 45.7 Å². The molecule has 5 nitrogen and oxygen atoms in total. The molecule has 0 bridgehead atoms. The van der Waals surface area contributed by atoms with E-state index in [2.05, 4.69) is 9.97 Å². The first kappa shape index (κ1) is 22.7. The van der Waals surface area contributed by atoms with Crippen molar-refractivity contribution in [3.05, 3.63) is 23.7 Å². The molecule has 1 N–H and O–H groups in total. The van der Waals surface area contributed by atoms with Crippen molar-refractivity contribution >= 4 is 16.9 Å². The van der Waals surface area contributed by atoms with Crippen LogP contribution in [0.4, 0.5) is 17.6 Å². The number of rotatable bonds is 8. The highest BCUT2D eigenvalue weighted by Gasteiger charge is 2.43. The summed E-state index contributed by atoms with van der Waals surface area (Å²) >= 11 is 0. The maximum absolute atomic E-state index is 14.1. The third-order valence-electron chi connectivity index (χ3n) is 5.32. The first-order valence-electron chi connectivity index (χ1n) is 10.1. The fraction of sp³-hybridized carbons (Fsp3) is 0.667. The number of halogens is 4. The van der Waals surface area contributed by atoms with Crippen LogP contribution in [0.5, 0.6) is 0 Å². The van der Waals surface area contributed by atoms with Gasteiger partial charge < -0.3 is 9.67 Å². The van der Waals surface area contributed by atoms with Crippen LogP contribution in [0.15, 0.2) is 12.1 Å². The number of ketones is 1. The molecule has 0 spiro atoms. The lowest BCUT2D eigenvalue weighted by atomic mass is 9.78. The Morgan fingerprint density at radius 2 is 1.90 bits per heavy atom. The van der Waals surface area contributed by atoms with Crippen LogP contribution in [0, 0.1) is 0 Å². The molecule has 1 saturated carbocycles. The third-order valence-corrected chi connectivity index (χ3v) is 5.32. The van der Waals surface area contributed by atoms with E-state index in [0.29, 0.717) is 37.0 Å². The number of hydrogen-bond donors (Lipinski definition) is 1. The standard InChI is InChI=1S/C21H27F4N3O2/c1-19(2,30)12-14(29)6-4-5-7-17-26-15-8-9-16(21(23,24)25)27-18(15)28(17)13-10-20(3,22)11-13/h8-9,13,30H,4-7,10-12H2,1-3H3. The minimum atomic E-state index is -4.57. The summed E-state index contributed by atoms with van der Waals surface area (Å²) in [7, 11) is 0. The van der Waals surface area contributed by atoms with Crippen molar-refractivity contribution in [1.29, 1.82) is 0 Å². The number of pyridine rings is 1. The van der Waals surface area contributed by atoms with Crippen LogP contribution in [-0.4, -0.2) is 36.7 Å². The molecule has 1 aliphatic rings. The van der Waals surface area contributed by atoms with Crippen LogP contribution in [0.2, 0.25) is 0 Å². The van der Waals surface area contributed by atoms with Gasteiger partial charge in [-0.1, -0.05) is 0 Å². The number of aryl methyl sites for hydroxylation is 1. The van der Waals surface area contributed by atoms with Gasteiger partial charge in [0.1, 0.15) is 28.5 Å². The number of hydrogen-bond acceptors (Lipinski definition) is 4. The SMILES string of the molecule is CC(C)(O)CC(=O)CCCCc1nc2ccc(C(F)(F)F)nc2n1C1CC(C)(F)C1. The molecule has 0 aliphatic heterocycles. The van der Waals surface area contributed by atoms with Gasteiger partial charge in [0.2, 0.25) is 0 Å². The predicted molar refractivity (Wildman–Crippen MR) is 104 cm³/mol. The molecule has 0 unspecified atom stereocenters. The van der Waals surface area contributed by atoms with E-state index in [1.54, 1.807) is 18.4 Å². The largest absolute Gasteiger partial charge is 0.433 e. The zero-order chi connectivity index (χ0) is 22.3. The highest BCUT2D eigenvalue weighted by molar-refractivity contribution is 5.79. The second kappa shape index (κ2) is 7.90. The van der Waals surface area contributed by atoms with Crippen molar-refractivity contribution in [2.45, 2.75) is 89.2 Å². The van der Waals surface area contributed by atoms with Crippen molar-refractivity contribution in [2.75, 3.05) is 0 Å². The molecule has 0 atom stereocenters. The van der Waals surface area contributed by atoms with Crippen LogP contribution in [0.3, 0.4) is 0 Å². The monoisotopic (exact) mass is 429 g/mol. The highest BCUT2D eigenvalue weighted by atomic mass is 19.4. The topological polar surface area (TPSA) is 68.0 Å². The number of imidazole rings is 1. The van der Waals surface area contributed by atoms with Crippen molar-refractivity contribution in [2.24, 2.45) is 0 Å². The lowest BCUT2D eigenvalue weighted by molar-refractivity contribution is -0.141. The Bertz CT molecular complexity index is 921. The molecule has 0 aromatic carbocycles. The maximum atomic E-state index is 14.1. The van der Waals surface area contributed by atoms with E-state index in [1.807, 2.05) is 0 Å². The average molecular weight is 429 g/mol. The Labute approximate surface area is 172 Å². The molecule has 9 heteroatoms. The summed E-state index contributed by atoms with van der Waals surface area (Å²) in [5.41, 5.74) is -2.91. The number of aliphatic hydroxyl groups is 1. The zero-order valence-electron chi connectivity index (χ0n) is 17.4. The smallest absolute Gasteiger partial charge is 0.390 e. The van der Waals surface area contributed by atoms with E-state index in [-0.39, 0.29) is 36.7 Å². The number of Topliss-reactive ketones (excluding diaryl/α,β-unsaturated/α-hetero) is 1. The van der Waals surface area contributed by atoms with Gasteiger partial charge in [-0.15, -0.1) is 0 Å². The minimum Gasteiger partial charge on any atom is -0.390 e. The minimum absolute atomic E-state index is 0.0420. The fourth-order valence-corrected chi connectivity index (χ4v) is 4.02. The highest BCUT2D eigenvalue weighted by Crippen LogP contribution is 2.46. The summed E-state index contributed by atoms with van der Waals surface area (Å²) in [6.07, 6.45) is -2.15. The summed E-state index contributed by atoms with van der Waals surface area (Å²) in [6, 6.07) is 1.91. The molecule has 0 amide bonds. The summed E-state index contributed by atoms with van der Waals surface area (Å²) in [5.74, 6) is 0.520. The van der Waals surface area contributed by atoms with E-state index >= 15 is 0 Å². The maximum Gasteiger partial charge on any atom is 0.433 e. The Morgan fingerprint density at radius 1 is 1.23 bits per heavy atom. The second-order valence-electron chi connectivity index (χ2n) is 9.15. The summed E-state index contributed by atoms with van der Waals surface area (Å²) < 4.78 is 55.1. The number of unbranched alkanes of at least 4 members (excludes halogenated alkanes) is 1. The summed E-state index contributed by atoms with van der Waals surface area (Å²) in [6.45, 7) is 4.63. The molecule has 2 heterocycles. The van der Waals surface area contributed by atoms with Gasteiger partial charge in [0.25, 0.3) is 0 Å². The predicted octanol–water partition coefficient (Wildman–Crippen LogP) is 4.96. The number of aromatic nitrogens is 3. The average Bonchev–Trinajstić information content (AvgIpc) is 2.91. The Kier molecular flexibility index (Phi) is 5.97. The van der Waals surface area contributed by atoms with Crippen molar-refractivity contribution in [3.8, 4) is 0 Å². The van der Waals surface area contributed by atoms with Gasteiger partial charge in [-0.25, -0.2) is 14.4 Å². The van der Waals surface area contributed by atoms with Gasteiger partial charge in [0.05, 0.1) is 5.60 Å². The molecule has 3 rings (SSSR count). The molecule has 1 fully saturated rings. The summed E-state index contributed by atoms with van der Waals surface area (Å²) in [5, 5.41) is 9.70. The zero-order valence-corrected chi connectivity index (χ0v) is 17.4. The van der Waals surface area contributed by atoms with Gasteiger partial charge in [-0.2, -0.15) is 13.2 Å². The van der Waals surface area contributed by atoms with Crippen LogP contribution >= 0.6 is 0 Å². The lowest BCUT2D eigenvalue weighted by Crippen LogP contribution is -2.38. The fourth-order valence-electron chi connectivity index (χ4n) is 4.02. The second-order valence-corrected chi connectivity index (χ2v) is 9.15. The Hall–Kier alpha value is -2.03. The van der Waals surface area contributed by atoms with E-state index in [4.69, 9.17) is 0 Å². The van der Waals surface area contributed by atoms with Gasteiger partial charge in [-0.3, -0.25) is 4.79 Å². The molecule has 2 aromatic rings. The number of alkyl halides is 4. The number of carbonyl (C=O) groups is 1. The van der Waals surface area contributed by atoms with Crippen LogP contribution in [0.25, 0.3) is 11.2 Å². The normalized spacial score (nSPS) is 22.3. The number of carbonyl (C=O) groups excluding carboxylic acids is 1. The molecule has 0 radical (unpaired) electrons. The Balaban J connectivity index is 1.77. The van der Waals surface area contributed by atoms with Crippen molar-refractivity contribution < 1.29 is 27.5 Å². The molecular formula is C21H27F4N3O2. The number of fused-ring (bicyclic) bond motifs is 1. The van der Waals surface area contributed by atoms with Gasteiger partial charge >= 0.3 is 6.18 Å². The molecule has 2 aromatic heterocycles. The summed E-state index contributed by atoms with van der Waals surface area (Å²) in [4.78, 5) is 20.1. The van der Waals surface area contributed by atoms with Crippen LogP contribution in [0.1, 0.15) is 76.9 Å². The molecule has 1 aliphatic carbocycles. The van der Waals surface area contributed by atoms with Crippen molar-refractivity contribution in [1.82, 2.24) is 14.5 Å². The van der Waals surface area contributed by atoms with Crippen LogP contribution < -0.4 is 0 Å². The first-order chi connectivity index (χ1) is 13.8. The quantitative estimate of drug-likeness (QED) is 0.476. The van der Waals surface area contributed by atoms with Crippen LogP contribution in [-0.2, 0) is 17.4 Å².